The Bertz CT molecular complexity index is 416. The Morgan fingerprint density at radius 1 is 1.07 bits per heavy atom. The zero-order chi connectivity index (χ0) is 11.5. The number of para-hydroxylation sites is 1. The van der Waals surface area contributed by atoms with Crippen molar-refractivity contribution in [3.8, 4) is 17.2 Å². The van der Waals surface area contributed by atoms with E-state index in [2.05, 4.69) is 0 Å². The van der Waals surface area contributed by atoms with Gasteiger partial charge in [0.15, 0.2) is 11.5 Å². The smallest absolute Gasteiger partial charge is 0.306 e. The van der Waals surface area contributed by atoms with E-state index in [0.717, 1.165) is 6.26 Å². The van der Waals surface area contributed by atoms with Crippen LogP contribution in [0.15, 0.2) is 18.2 Å². The molecule has 6 heteroatoms. The molecule has 1 aromatic rings. The molecule has 5 nitrogen and oxygen atoms in total. The molecule has 1 aromatic carbocycles. The fourth-order valence-corrected chi connectivity index (χ4v) is 1.52. The number of ether oxygens (including phenoxy) is 2. The molecule has 0 saturated heterocycles. The van der Waals surface area contributed by atoms with Gasteiger partial charge in [-0.15, -0.1) is 0 Å². The molecule has 0 heterocycles. The first-order valence-corrected chi connectivity index (χ1v) is 5.90. The highest BCUT2D eigenvalue weighted by molar-refractivity contribution is 7.86. The number of hydrogen-bond acceptors (Lipinski definition) is 5. The van der Waals surface area contributed by atoms with Gasteiger partial charge in [0.1, 0.15) is 0 Å². The summed E-state index contributed by atoms with van der Waals surface area (Å²) in [6.07, 6.45) is 0.957. The van der Waals surface area contributed by atoms with Crippen LogP contribution < -0.4 is 13.7 Å². The Labute approximate surface area is 88.7 Å². The zero-order valence-electron chi connectivity index (χ0n) is 8.68. The standard InChI is InChI=1S/C9H12O5S/c1-12-7-5-4-6-8(13-2)9(7)14-15(3,10)11/h4-6H,1-3H3. The Morgan fingerprint density at radius 3 is 1.87 bits per heavy atom. The van der Waals surface area contributed by atoms with Crippen molar-refractivity contribution in [3.63, 3.8) is 0 Å². The Balaban J connectivity index is 3.22. The molecule has 0 radical (unpaired) electrons. The SMILES string of the molecule is COc1cccc(OC)c1OS(C)(=O)=O. The average Bonchev–Trinajstić information content (AvgIpc) is 2.16. The molecule has 0 aliphatic heterocycles. The van der Waals surface area contributed by atoms with Crippen molar-refractivity contribution >= 4 is 10.1 Å². The van der Waals surface area contributed by atoms with Crippen LogP contribution in [0.4, 0.5) is 0 Å². The Hall–Kier alpha value is -1.43. The van der Waals surface area contributed by atoms with Gasteiger partial charge in [0.2, 0.25) is 5.75 Å². The van der Waals surface area contributed by atoms with Crippen molar-refractivity contribution in [3.05, 3.63) is 18.2 Å². The maximum absolute atomic E-state index is 11.0. The summed E-state index contributed by atoms with van der Waals surface area (Å²) in [6, 6.07) is 4.85. The van der Waals surface area contributed by atoms with Crippen molar-refractivity contribution in [2.75, 3.05) is 20.5 Å². The summed E-state index contributed by atoms with van der Waals surface area (Å²) in [6.45, 7) is 0. The molecule has 0 saturated carbocycles. The summed E-state index contributed by atoms with van der Waals surface area (Å²) in [7, 11) is -0.761. The highest BCUT2D eigenvalue weighted by Gasteiger charge is 2.15. The lowest BCUT2D eigenvalue weighted by molar-refractivity contribution is 0.361. The monoisotopic (exact) mass is 232 g/mol. The molecule has 15 heavy (non-hydrogen) atoms. The maximum Gasteiger partial charge on any atom is 0.306 e. The predicted molar refractivity (Wildman–Crippen MR) is 55.0 cm³/mol. The molecule has 0 aliphatic rings. The number of methoxy groups -OCH3 is 2. The van der Waals surface area contributed by atoms with Crippen LogP contribution in [0, 0.1) is 0 Å². The molecule has 0 amide bonds. The van der Waals surface area contributed by atoms with Gasteiger partial charge in [0.25, 0.3) is 0 Å². The van der Waals surface area contributed by atoms with Gasteiger partial charge in [-0.2, -0.15) is 8.42 Å². The molecular formula is C9H12O5S. The minimum absolute atomic E-state index is 0.0602. The molecule has 0 aliphatic carbocycles. The first kappa shape index (κ1) is 11.6. The summed E-state index contributed by atoms with van der Waals surface area (Å²) in [5.74, 6) is 0.671. The lowest BCUT2D eigenvalue weighted by atomic mass is 10.3. The second-order valence-electron chi connectivity index (χ2n) is 2.78. The lowest BCUT2D eigenvalue weighted by Gasteiger charge is -2.11. The number of benzene rings is 1. The fraction of sp³-hybridized carbons (Fsp3) is 0.333. The summed E-state index contributed by atoms with van der Waals surface area (Å²) in [4.78, 5) is 0. The highest BCUT2D eigenvalue weighted by Crippen LogP contribution is 2.37. The molecule has 0 unspecified atom stereocenters. The van der Waals surface area contributed by atoms with Gasteiger partial charge >= 0.3 is 10.1 Å². The van der Waals surface area contributed by atoms with E-state index >= 15 is 0 Å². The average molecular weight is 232 g/mol. The van der Waals surface area contributed by atoms with Gasteiger partial charge in [-0.3, -0.25) is 0 Å². The number of rotatable bonds is 4. The predicted octanol–water partition coefficient (Wildman–Crippen LogP) is 1.04. The second-order valence-corrected chi connectivity index (χ2v) is 4.35. The van der Waals surface area contributed by atoms with E-state index in [1.165, 1.54) is 14.2 Å². The zero-order valence-corrected chi connectivity index (χ0v) is 9.50. The molecule has 0 aromatic heterocycles. The third kappa shape index (κ3) is 3.02. The quantitative estimate of drug-likeness (QED) is 0.726. The Morgan fingerprint density at radius 2 is 1.53 bits per heavy atom. The van der Waals surface area contributed by atoms with Crippen molar-refractivity contribution in [1.82, 2.24) is 0 Å². The van der Waals surface area contributed by atoms with Crippen LogP contribution in [0.5, 0.6) is 17.2 Å². The van der Waals surface area contributed by atoms with E-state index in [4.69, 9.17) is 13.7 Å². The van der Waals surface area contributed by atoms with Crippen molar-refractivity contribution in [1.29, 1.82) is 0 Å². The van der Waals surface area contributed by atoms with Gasteiger partial charge in [-0.05, 0) is 12.1 Å². The van der Waals surface area contributed by atoms with E-state index < -0.39 is 10.1 Å². The van der Waals surface area contributed by atoms with E-state index in [9.17, 15) is 8.42 Å². The largest absolute Gasteiger partial charge is 0.493 e. The summed E-state index contributed by atoms with van der Waals surface area (Å²) in [5.41, 5.74) is 0. The fourth-order valence-electron chi connectivity index (χ4n) is 1.05. The van der Waals surface area contributed by atoms with E-state index in [0.29, 0.717) is 11.5 Å². The minimum Gasteiger partial charge on any atom is -0.493 e. The van der Waals surface area contributed by atoms with Crippen LogP contribution >= 0.6 is 0 Å². The normalized spacial score (nSPS) is 10.9. The molecule has 1 rings (SSSR count). The van der Waals surface area contributed by atoms with Crippen molar-refractivity contribution in [2.45, 2.75) is 0 Å². The maximum atomic E-state index is 11.0. The number of hydrogen-bond donors (Lipinski definition) is 0. The summed E-state index contributed by atoms with van der Waals surface area (Å²) < 4.78 is 36.7. The van der Waals surface area contributed by atoms with Crippen LogP contribution in [0.3, 0.4) is 0 Å². The molecule has 0 fully saturated rings. The van der Waals surface area contributed by atoms with Gasteiger partial charge in [0.05, 0.1) is 20.5 Å². The molecule has 0 spiro atoms. The topological polar surface area (TPSA) is 61.8 Å². The van der Waals surface area contributed by atoms with E-state index in [-0.39, 0.29) is 5.75 Å². The van der Waals surface area contributed by atoms with Crippen molar-refractivity contribution in [2.24, 2.45) is 0 Å². The second kappa shape index (κ2) is 4.39. The molecule has 0 bridgehead atoms. The molecule has 0 atom stereocenters. The van der Waals surface area contributed by atoms with E-state index in [1.807, 2.05) is 0 Å². The van der Waals surface area contributed by atoms with Gasteiger partial charge in [-0.25, -0.2) is 0 Å². The highest BCUT2D eigenvalue weighted by atomic mass is 32.2. The van der Waals surface area contributed by atoms with Gasteiger partial charge < -0.3 is 13.7 Å². The molecule has 84 valence electrons. The minimum atomic E-state index is -3.60. The Kier molecular flexibility index (Phi) is 3.41. The van der Waals surface area contributed by atoms with Crippen LogP contribution in [-0.4, -0.2) is 28.9 Å². The third-order valence-corrected chi connectivity index (χ3v) is 2.09. The van der Waals surface area contributed by atoms with Crippen LogP contribution in [0.25, 0.3) is 0 Å². The van der Waals surface area contributed by atoms with Crippen LogP contribution in [0.1, 0.15) is 0 Å². The van der Waals surface area contributed by atoms with E-state index in [1.54, 1.807) is 18.2 Å². The first-order chi connectivity index (χ1) is 6.98. The van der Waals surface area contributed by atoms with Crippen LogP contribution in [0.2, 0.25) is 0 Å². The lowest BCUT2D eigenvalue weighted by Crippen LogP contribution is -2.07. The first-order valence-electron chi connectivity index (χ1n) is 4.08. The summed E-state index contributed by atoms with van der Waals surface area (Å²) >= 11 is 0. The molecular weight excluding hydrogens is 220 g/mol. The van der Waals surface area contributed by atoms with Gasteiger partial charge in [-0.1, -0.05) is 6.07 Å². The molecule has 0 N–H and O–H groups in total. The van der Waals surface area contributed by atoms with Crippen LogP contribution in [-0.2, 0) is 10.1 Å². The summed E-state index contributed by atoms with van der Waals surface area (Å²) in [5, 5.41) is 0. The third-order valence-electron chi connectivity index (χ3n) is 1.62. The van der Waals surface area contributed by atoms with Crippen molar-refractivity contribution < 1.29 is 22.1 Å². The van der Waals surface area contributed by atoms with Gasteiger partial charge in [0, 0.05) is 0 Å².